The van der Waals surface area contributed by atoms with Crippen molar-refractivity contribution in [1.82, 2.24) is 0 Å². The quantitative estimate of drug-likeness (QED) is 0.856. The molecule has 1 aromatic heterocycles. The fourth-order valence-corrected chi connectivity index (χ4v) is 1.79. The lowest BCUT2D eigenvalue weighted by Gasteiger charge is -2.14. The summed E-state index contributed by atoms with van der Waals surface area (Å²) < 4.78 is 16.0. The molecule has 0 saturated carbocycles. The van der Waals surface area contributed by atoms with Crippen molar-refractivity contribution in [2.45, 2.75) is 19.1 Å². The Bertz CT molecular complexity index is 458. The monoisotopic (exact) mass is 250 g/mol. The minimum Gasteiger partial charge on any atom is -0.458 e. The van der Waals surface area contributed by atoms with Crippen LogP contribution in [0, 0.1) is 0 Å². The van der Waals surface area contributed by atoms with Crippen molar-refractivity contribution in [1.29, 1.82) is 0 Å². The fourth-order valence-electron chi connectivity index (χ4n) is 1.79. The Morgan fingerprint density at radius 1 is 1.28 bits per heavy atom. The molecule has 0 fully saturated rings. The van der Waals surface area contributed by atoms with Gasteiger partial charge in [-0.05, 0) is 19.1 Å². The fraction of sp³-hybridized carbons (Fsp3) is 0.429. The van der Waals surface area contributed by atoms with Crippen LogP contribution in [0.1, 0.15) is 18.8 Å². The van der Waals surface area contributed by atoms with E-state index in [9.17, 15) is 5.11 Å². The molecule has 2 aromatic rings. The number of methoxy groups -OCH3 is 1. The number of para-hydroxylation sites is 1. The zero-order valence-corrected chi connectivity index (χ0v) is 10.6. The first-order valence-electron chi connectivity index (χ1n) is 5.97. The Kier molecular flexibility index (Phi) is 4.36. The number of aliphatic hydroxyl groups excluding tert-OH is 1. The third-order valence-electron chi connectivity index (χ3n) is 2.71. The number of fused-ring (bicyclic) bond motifs is 1. The highest BCUT2D eigenvalue weighted by Crippen LogP contribution is 2.24. The topological polar surface area (TPSA) is 51.8 Å². The zero-order valence-electron chi connectivity index (χ0n) is 10.6. The lowest BCUT2D eigenvalue weighted by Crippen LogP contribution is -2.18. The van der Waals surface area contributed by atoms with Crippen LogP contribution in [0.25, 0.3) is 11.0 Å². The van der Waals surface area contributed by atoms with Gasteiger partial charge in [-0.1, -0.05) is 18.2 Å². The second kappa shape index (κ2) is 6.00. The van der Waals surface area contributed by atoms with E-state index in [0.29, 0.717) is 12.4 Å². The van der Waals surface area contributed by atoms with Gasteiger partial charge in [0.25, 0.3) is 0 Å². The number of ether oxygens (including phenoxy) is 2. The number of hydrogen-bond donors (Lipinski definition) is 1. The maximum atomic E-state index is 9.98. The van der Waals surface area contributed by atoms with Gasteiger partial charge in [0.2, 0.25) is 0 Å². The van der Waals surface area contributed by atoms with E-state index in [1.54, 1.807) is 7.11 Å². The molecule has 0 aliphatic rings. The van der Waals surface area contributed by atoms with Gasteiger partial charge in [-0.15, -0.1) is 0 Å². The van der Waals surface area contributed by atoms with Crippen molar-refractivity contribution >= 4 is 11.0 Å². The molecule has 98 valence electrons. The van der Waals surface area contributed by atoms with Gasteiger partial charge in [-0.25, -0.2) is 0 Å². The molecule has 18 heavy (non-hydrogen) atoms. The lowest BCUT2D eigenvalue weighted by atomic mass is 10.2. The first-order chi connectivity index (χ1) is 8.70. The molecule has 0 radical (unpaired) electrons. The molecule has 1 heterocycles. The van der Waals surface area contributed by atoms with Gasteiger partial charge in [0.05, 0.1) is 19.3 Å². The standard InChI is InChI=1S/C14H18O4/c1-10(8-16-2)17-9-12(15)14-7-11-5-3-4-6-13(11)18-14/h3-7,10,12,15H,8-9H2,1-2H3. The predicted molar refractivity (Wildman–Crippen MR) is 68.5 cm³/mol. The SMILES string of the molecule is COCC(C)OCC(O)c1cc2ccccc2o1. The van der Waals surface area contributed by atoms with Crippen molar-refractivity contribution in [3.05, 3.63) is 36.1 Å². The molecule has 0 bridgehead atoms. The van der Waals surface area contributed by atoms with Crippen LogP contribution >= 0.6 is 0 Å². The summed E-state index contributed by atoms with van der Waals surface area (Å²) in [5, 5.41) is 11.0. The van der Waals surface area contributed by atoms with E-state index >= 15 is 0 Å². The summed E-state index contributed by atoms with van der Waals surface area (Å²) in [7, 11) is 1.62. The van der Waals surface area contributed by atoms with Crippen LogP contribution in [0.4, 0.5) is 0 Å². The van der Waals surface area contributed by atoms with Crippen LogP contribution in [0.15, 0.2) is 34.7 Å². The molecule has 0 amide bonds. The average molecular weight is 250 g/mol. The van der Waals surface area contributed by atoms with Gasteiger partial charge in [0.1, 0.15) is 17.4 Å². The minimum atomic E-state index is -0.753. The summed E-state index contributed by atoms with van der Waals surface area (Å²) in [5.41, 5.74) is 0.775. The zero-order chi connectivity index (χ0) is 13.0. The summed E-state index contributed by atoms with van der Waals surface area (Å²) in [6.07, 6.45) is -0.800. The van der Waals surface area contributed by atoms with E-state index in [0.717, 1.165) is 11.0 Å². The third kappa shape index (κ3) is 3.10. The highest BCUT2D eigenvalue weighted by Gasteiger charge is 2.14. The second-order valence-corrected chi connectivity index (χ2v) is 4.30. The molecule has 4 nitrogen and oxygen atoms in total. The van der Waals surface area contributed by atoms with Gasteiger partial charge in [0, 0.05) is 12.5 Å². The molecule has 0 aliphatic heterocycles. The second-order valence-electron chi connectivity index (χ2n) is 4.30. The van der Waals surface area contributed by atoms with E-state index in [-0.39, 0.29) is 12.7 Å². The molecule has 0 spiro atoms. The number of aliphatic hydroxyl groups is 1. The molecule has 4 heteroatoms. The third-order valence-corrected chi connectivity index (χ3v) is 2.71. The molecule has 2 atom stereocenters. The van der Waals surface area contributed by atoms with Crippen LogP contribution in [0.3, 0.4) is 0 Å². The molecule has 1 aromatic carbocycles. The Hall–Kier alpha value is -1.36. The van der Waals surface area contributed by atoms with Gasteiger partial charge < -0.3 is 19.0 Å². The average Bonchev–Trinajstić information content (AvgIpc) is 2.80. The minimum absolute atomic E-state index is 0.0472. The van der Waals surface area contributed by atoms with Crippen molar-refractivity contribution in [2.24, 2.45) is 0 Å². The van der Waals surface area contributed by atoms with E-state index in [1.165, 1.54) is 0 Å². The molecule has 1 N–H and O–H groups in total. The van der Waals surface area contributed by atoms with Crippen molar-refractivity contribution < 1.29 is 19.0 Å². The van der Waals surface area contributed by atoms with Crippen molar-refractivity contribution in [3.8, 4) is 0 Å². The Morgan fingerprint density at radius 2 is 2.06 bits per heavy atom. The highest BCUT2D eigenvalue weighted by molar-refractivity contribution is 5.77. The van der Waals surface area contributed by atoms with Gasteiger partial charge in [0.15, 0.2) is 0 Å². The summed E-state index contributed by atoms with van der Waals surface area (Å²) in [6.45, 7) is 2.60. The largest absolute Gasteiger partial charge is 0.458 e. The number of furan rings is 1. The Morgan fingerprint density at radius 3 is 2.78 bits per heavy atom. The van der Waals surface area contributed by atoms with Crippen LogP contribution in [-0.4, -0.2) is 31.5 Å². The summed E-state index contributed by atoms with van der Waals surface area (Å²) in [6, 6.07) is 9.50. The van der Waals surface area contributed by atoms with Crippen LogP contribution in [0.2, 0.25) is 0 Å². The Labute approximate surface area is 106 Å². The maximum Gasteiger partial charge on any atom is 0.136 e. The van der Waals surface area contributed by atoms with E-state index in [4.69, 9.17) is 13.9 Å². The van der Waals surface area contributed by atoms with Crippen LogP contribution in [0.5, 0.6) is 0 Å². The van der Waals surface area contributed by atoms with Gasteiger partial charge >= 0.3 is 0 Å². The molecule has 2 rings (SSSR count). The van der Waals surface area contributed by atoms with Crippen molar-refractivity contribution in [3.63, 3.8) is 0 Å². The first kappa shape index (κ1) is 13.1. The van der Waals surface area contributed by atoms with E-state index in [2.05, 4.69) is 0 Å². The number of benzene rings is 1. The molecular weight excluding hydrogens is 232 g/mol. The smallest absolute Gasteiger partial charge is 0.136 e. The lowest BCUT2D eigenvalue weighted by molar-refractivity contribution is -0.0373. The van der Waals surface area contributed by atoms with Crippen LogP contribution in [-0.2, 0) is 9.47 Å². The summed E-state index contributed by atoms with van der Waals surface area (Å²) >= 11 is 0. The molecular formula is C14H18O4. The first-order valence-corrected chi connectivity index (χ1v) is 5.97. The summed E-state index contributed by atoms with van der Waals surface area (Å²) in [5.74, 6) is 0.529. The number of rotatable bonds is 6. The molecule has 0 aliphatic carbocycles. The molecule has 2 unspecified atom stereocenters. The maximum absolute atomic E-state index is 9.98. The Balaban J connectivity index is 1.98. The highest BCUT2D eigenvalue weighted by atomic mass is 16.5. The van der Waals surface area contributed by atoms with Crippen LogP contribution < -0.4 is 0 Å². The predicted octanol–water partition coefficient (Wildman–Crippen LogP) is 2.52. The normalized spacial score (nSPS) is 14.8. The number of hydrogen-bond acceptors (Lipinski definition) is 4. The van der Waals surface area contributed by atoms with Gasteiger partial charge in [-0.2, -0.15) is 0 Å². The van der Waals surface area contributed by atoms with Crippen molar-refractivity contribution in [2.75, 3.05) is 20.3 Å². The van der Waals surface area contributed by atoms with E-state index < -0.39 is 6.10 Å². The van der Waals surface area contributed by atoms with Gasteiger partial charge in [-0.3, -0.25) is 0 Å². The molecule has 0 saturated heterocycles. The van der Waals surface area contributed by atoms with E-state index in [1.807, 2.05) is 37.3 Å². The summed E-state index contributed by atoms with van der Waals surface area (Å²) in [4.78, 5) is 0.